The predicted molar refractivity (Wildman–Crippen MR) is 59.9 cm³/mol. The van der Waals surface area contributed by atoms with Gasteiger partial charge >= 0.3 is 26.2 Å². The van der Waals surface area contributed by atoms with E-state index in [0.717, 1.165) is 12.3 Å². The van der Waals surface area contributed by atoms with E-state index >= 15 is 0 Å². The fourth-order valence-corrected chi connectivity index (χ4v) is 2.12. The van der Waals surface area contributed by atoms with Gasteiger partial charge in [-0.15, -0.1) is 6.42 Å². The zero-order valence-electron chi connectivity index (χ0n) is 9.47. The summed E-state index contributed by atoms with van der Waals surface area (Å²) in [6, 6.07) is 0. The van der Waals surface area contributed by atoms with Crippen molar-refractivity contribution in [3.05, 3.63) is 38.7 Å². The predicted octanol–water partition coefficient (Wildman–Crippen LogP) is 4.15. The van der Waals surface area contributed by atoms with E-state index in [-0.39, 0.29) is 41.1 Å². The van der Waals surface area contributed by atoms with Gasteiger partial charge in [0, 0.05) is 0 Å². The number of allylic oxidation sites excluding steroid dienone is 4. The van der Waals surface area contributed by atoms with Gasteiger partial charge < -0.3 is 14.9 Å². The van der Waals surface area contributed by atoms with Crippen LogP contribution in [0.15, 0.2) is 17.7 Å². The minimum absolute atomic E-state index is 0. The number of hydrogen-bond donors (Lipinski definition) is 0. The second-order valence-electron chi connectivity index (χ2n) is 3.57. The van der Waals surface area contributed by atoms with Gasteiger partial charge in [0.15, 0.2) is 0 Å². The van der Waals surface area contributed by atoms with Crippen LogP contribution in [0, 0.1) is 26.8 Å². The topological polar surface area (TPSA) is 0 Å². The summed E-state index contributed by atoms with van der Waals surface area (Å²) in [7, 11) is 0. The molecular weight excluding hydrogens is 247 g/mol. The van der Waals surface area contributed by atoms with Crippen LogP contribution in [-0.2, 0) is 26.2 Å². The smallest absolute Gasteiger partial charge is 0.358 e. The minimum atomic E-state index is 0. The van der Waals surface area contributed by atoms with Crippen molar-refractivity contribution in [2.45, 2.75) is 38.5 Å². The van der Waals surface area contributed by atoms with Crippen molar-refractivity contribution in [3.63, 3.8) is 0 Å². The second kappa shape index (κ2) is 8.65. The Hall–Kier alpha value is 0.363. The third kappa shape index (κ3) is 4.26. The maximum atomic E-state index is 3.43. The van der Waals surface area contributed by atoms with Crippen LogP contribution in [0.5, 0.6) is 0 Å². The molecule has 0 N–H and O–H groups in total. The maximum Gasteiger partial charge on any atom is 3.00 e. The maximum absolute atomic E-state index is 3.43. The van der Waals surface area contributed by atoms with Gasteiger partial charge in [0.25, 0.3) is 0 Å². The molecule has 0 spiro atoms. The fraction of sp³-hybridized carbons (Fsp3) is 0.538. The Morgan fingerprint density at radius 1 is 1.07 bits per heavy atom. The molecule has 0 nitrogen and oxygen atoms in total. The van der Waals surface area contributed by atoms with E-state index < -0.39 is 0 Å². The molecule has 1 saturated carbocycles. The molecular formula is C13H21Zr. The molecule has 2 aliphatic carbocycles. The Morgan fingerprint density at radius 3 is 2.21 bits per heavy atom. The normalized spacial score (nSPS) is 20.1. The molecule has 0 aromatic rings. The Labute approximate surface area is 109 Å². The van der Waals surface area contributed by atoms with Crippen molar-refractivity contribution < 1.29 is 26.2 Å². The molecule has 0 aromatic heterocycles. The standard InChI is InChI=1S/C11H15.2CH3.Zr/c1-2-6-10(7-3-1)11-8-4-5-9-11;;;/h4,8,10H,1-3,5-7H2;2*1H3;/q3*-1;+3. The molecule has 0 heterocycles. The summed E-state index contributed by atoms with van der Waals surface area (Å²) in [4.78, 5) is 0. The van der Waals surface area contributed by atoms with Crippen molar-refractivity contribution >= 4 is 0 Å². The monoisotopic (exact) mass is 267 g/mol. The van der Waals surface area contributed by atoms with Gasteiger partial charge in [-0.1, -0.05) is 19.3 Å². The molecule has 1 radical (unpaired) electrons. The minimum Gasteiger partial charge on any atom is -0.358 e. The van der Waals surface area contributed by atoms with E-state index in [9.17, 15) is 0 Å². The molecule has 0 saturated heterocycles. The summed E-state index contributed by atoms with van der Waals surface area (Å²) in [5, 5.41) is 0. The van der Waals surface area contributed by atoms with Gasteiger partial charge in [0.1, 0.15) is 0 Å². The summed E-state index contributed by atoms with van der Waals surface area (Å²) in [6.45, 7) is 0. The Morgan fingerprint density at radius 2 is 1.71 bits per heavy atom. The second-order valence-corrected chi connectivity index (χ2v) is 3.57. The number of hydrogen-bond acceptors (Lipinski definition) is 0. The van der Waals surface area contributed by atoms with Gasteiger partial charge in [0.05, 0.1) is 0 Å². The molecule has 0 unspecified atom stereocenters. The third-order valence-corrected chi connectivity index (χ3v) is 2.77. The van der Waals surface area contributed by atoms with Crippen molar-refractivity contribution in [3.8, 4) is 0 Å². The SMILES string of the molecule is [C-]1=C(C2CCCCC2)C=CC1.[CH3-].[CH3-].[Zr+3]. The van der Waals surface area contributed by atoms with Crippen LogP contribution < -0.4 is 0 Å². The van der Waals surface area contributed by atoms with Crippen molar-refractivity contribution in [1.29, 1.82) is 0 Å². The quantitative estimate of drug-likeness (QED) is 0.627. The molecule has 0 bridgehead atoms. The average molecular weight is 269 g/mol. The molecule has 1 heteroatoms. The van der Waals surface area contributed by atoms with Gasteiger partial charge in [-0.3, -0.25) is 6.08 Å². The van der Waals surface area contributed by atoms with Crippen LogP contribution >= 0.6 is 0 Å². The van der Waals surface area contributed by atoms with Crippen LogP contribution in [0.2, 0.25) is 0 Å². The van der Waals surface area contributed by atoms with E-state index in [1.165, 1.54) is 37.7 Å². The van der Waals surface area contributed by atoms with E-state index in [0.29, 0.717) is 0 Å². The largest absolute Gasteiger partial charge is 3.00 e. The zero-order valence-corrected chi connectivity index (χ0v) is 11.9. The van der Waals surface area contributed by atoms with Crippen LogP contribution in [0.4, 0.5) is 0 Å². The molecule has 2 rings (SSSR count). The Balaban J connectivity index is 0. The van der Waals surface area contributed by atoms with E-state index in [2.05, 4.69) is 18.2 Å². The van der Waals surface area contributed by atoms with Gasteiger partial charge in [-0.05, 0) is 18.8 Å². The molecule has 0 aliphatic heterocycles. The van der Waals surface area contributed by atoms with Crippen LogP contribution in [0.25, 0.3) is 0 Å². The summed E-state index contributed by atoms with van der Waals surface area (Å²) < 4.78 is 0. The average Bonchev–Trinajstić information content (AvgIpc) is 2.58. The molecule has 14 heavy (non-hydrogen) atoms. The molecule has 0 amide bonds. The van der Waals surface area contributed by atoms with Crippen LogP contribution in [0.3, 0.4) is 0 Å². The first-order valence-electron chi connectivity index (χ1n) is 4.74. The van der Waals surface area contributed by atoms with Crippen molar-refractivity contribution in [2.24, 2.45) is 5.92 Å². The van der Waals surface area contributed by atoms with Gasteiger partial charge in [-0.2, -0.15) is 6.08 Å². The van der Waals surface area contributed by atoms with Crippen molar-refractivity contribution in [2.75, 3.05) is 0 Å². The summed E-state index contributed by atoms with van der Waals surface area (Å²) in [6.07, 6.45) is 16.1. The van der Waals surface area contributed by atoms with Crippen molar-refractivity contribution in [1.82, 2.24) is 0 Å². The Kier molecular flexibility index (Phi) is 10.4. The van der Waals surface area contributed by atoms with Crippen LogP contribution in [-0.4, -0.2) is 0 Å². The molecule has 1 fully saturated rings. The zero-order chi connectivity index (χ0) is 7.52. The third-order valence-electron chi connectivity index (χ3n) is 2.77. The van der Waals surface area contributed by atoms with Gasteiger partial charge in [-0.25, -0.2) is 11.6 Å². The van der Waals surface area contributed by atoms with Gasteiger partial charge in [0.2, 0.25) is 0 Å². The van der Waals surface area contributed by atoms with E-state index in [1.54, 1.807) is 0 Å². The first-order valence-corrected chi connectivity index (χ1v) is 4.74. The molecule has 0 atom stereocenters. The molecule has 77 valence electrons. The first kappa shape index (κ1) is 16.8. The van der Waals surface area contributed by atoms with E-state index in [1.807, 2.05) is 0 Å². The molecule has 2 aliphatic rings. The van der Waals surface area contributed by atoms with Crippen LogP contribution in [0.1, 0.15) is 38.5 Å². The first-order chi connectivity index (χ1) is 5.47. The Bertz CT molecular complexity index is 185. The number of rotatable bonds is 1. The summed E-state index contributed by atoms with van der Waals surface area (Å²) >= 11 is 0. The summed E-state index contributed by atoms with van der Waals surface area (Å²) in [5.74, 6) is 0.863. The summed E-state index contributed by atoms with van der Waals surface area (Å²) in [5.41, 5.74) is 1.50. The molecule has 0 aromatic carbocycles. The van der Waals surface area contributed by atoms with E-state index in [4.69, 9.17) is 0 Å². The fourth-order valence-electron chi connectivity index (χ4n) is 2.12.